The Morgan fingerprint density at radius 1 is 1.62 bits per heavy atom. The van der Waals surface area contributed by atoms with Crippen LogP contribution in [-0.4, -0.2) is 14.9 Å². The molecule has 0 fully saturated rings. The molecular formula is C9H10N2OS. The van der Waals surface area contributed by atoms with Crippen molar-refractivity contribution < 1.29 is 5.11 Å². The molecule has 2 aromatic rings. The monoisotopic (exact) mass is 194 g/mol. The molecule has 0 bridgehead atoms. The molecule has 4 heteroatoms. The Morgan fingerprint density at radius 2 is 2.46 bits per heavy atom. The van der Waals surface area contributed by atoms with Crippen LogP contribution in [-0.2, 0) is 13.7 Å². The first-order valence-electron chi connectivity index (χ1n) is 3.98. The largest absolute Gasteiger partial charge is 0.392 e. The molecule has 0 aliphatic rings. The van der Waals surface area contributed by atoms with Gasteiger partial charge in [0.05, 0.1) is 11.5 Å². The van der Waals surface area contributed by atoms with Crippen molar-refractivity contribution in [3.05, 3.63) is 29.3 Å². The van der Waals surface area contributed by atoms with Crippen molar-refractivity contribution in [2.45, 2.75) is 6.61 Å². The van der Waals surface area contributed by atoms with Crippen LogP contribution in [0.5, 0.6) is 0 Å². The molecule has 0 aromatic carbocycles. The zero-order valence-electron chi connectivity index (χ0n) is 7.27. The quantitative estimate of drug-likeness (QED) is 0.789. The fraction of sp³-hybridized carbons (Fsp3) is 0.222. The molecule has 68 valence electrons. The minimum Gasteiger partial charge on any atom is -0.392 e. The first kappa shape index (κ1) is 8.47. The summed E-state index contributed by atoms with van der Waals surface area (Å²) in [5.41, 5.74) is 1.77. The molecule has 3 nitrogen and oxygen atoms in total. The van der Waals surface area contributed by atoms with Crippen LogP contribution in [0, 0.1) is 0 Å². The number of rotatable bonds is 2. The predicted molar refractivity (Wildman–Crippen MR) is 52.4 cm³/mol. The molecule has 13 heavy (non-hydrogen) atoms. The highest BCUT2D eigenvalue weighted by Crippen LogP contribution is 2.26. The van der Waals surface area contributed by atoms with Gasteiger partial charge in [0, 0.05) is 18.8 Å². The lowest BCUT2D eigenvalue weighted by Gasteiger charge is -1.93. The van der Waals surface area contributed by atoms with E-state index in [1.165, 1.54) is 0 Å². The van der Waals surface area contributed by atoms with Crippen LogP contribution in [0.25, 0.3) is 10.6 Å². The molecule has 0 aliphatic heterocycles. The van der Waals surface area contributed by atoms with Crippen LogP contribution in [0.4, 0.5) is 0 Å². The Bertz CT molecular complexity index is 392. The van der Waals surface area contributed by atoms with Gasteiger partial charge in [-0.1, -0.05) is 6.07 Å². The maximum atomic E-state index is 9.08. The molecule has 0 atom stereocenters. The molecule has 0 radical (unpaired) electrons. The van der Waals surface area contributed by atoms with Gasteiger partial charge in [0.15, 0.2) is 0 Å². The Balaban J connectivity index is 2.50. The van der Waals surface area contributed by atoms with E-state index in [2.05, 4.69) is 5.10 Å². The molecule has 0 aliphatic carbocycles. The van der Waals surface area contributed by atoms with Crippen LogP contribution >= 0.6 is 11.3 Å². The number of aryl methyl sites for hydroxylation is 1. The third-order valence-corrected chi connectivity index (χ3v) is 2.71. The van der Waals surface area contributed by atoms with Gasteiger partial charge in [0.1, 0.15) is 5.69 Å². The molecule has 2 aromatic heterocycles. The lowest BCUT2D eigenvalue weighted by Crippen LogP contribution is -1.86. The smallest absolute Gasteiger partial charge is 0.108 e. The summed E-state index contributed by atoms with van der Waals surface area (Å²) in [6.07, 6.45) is 1.84. The maximum absolute atomic E-state index is 9.08. The predicted octanol–water partition coefficient (Wildman–Crippen LogP) is 1.64. The van der Waals surface area contributed by atoms with E-state index in [-0.39, 0.29) is 6.61 Å². The molecule has 0 saturated heterocycles. The first-order chi connectivity index (χ1) is 6.31. The molecule has 0 spiro atoms. The van der Waals surface area contributed by atoms with Crippen molar-refractivity contribution in [1.82, 2.24) is 9.78 Å². The molecule has 0 unspecified atom stereocenters. The Labute approximate surface area is 80.3 Å². The van der Waals surface area contributed by atoms with Gasteiger partial charge in [0.2, 0.25) is 0 Å². The SMILES string of the molecule is Cn1cc(CO)c(-c2cccs2)n1. The van der Waals surface area contributed by atoms with Crippen molar-refractivity contribution in [1.29, 1.82) is 0 Å². The number of hydrogen-bond acceptors (Lipinski definition) is 3. The summed E-state index contributed by atoms with van der Waals surface area (Å²) in [6, 6.07) is 3.99. The topological polar surface area (TPSA) is 38.0 Å². The van der Waals surface area contributed by atoms with E-state index in [0.29, 0.717) is 0 Å². The van der Waals surface area contributed by atoms with Crippen molar-refractivity contribution >= 4 is 11.3 Å². The minimum atomic E-state index is 0.0427. The summed E-state index contributed by atoms with van der Waals surface area (Å²) in [7, 11) is 1.86. The fourth-order valence-corrected chi connectivity index (χ4v) is 2.02. The first-order valence-corrected chi connectivity index (χ1v) is 4.86. The van der Waals surface area contributed by atoms with Gasteiger partial charge in [-0.05, 0) is 11.4 Å². The van der Waals surface area contributed by atoms with Gasteiger partial charge in [-0.25, -0.2) is 0 Å². The Morgan fingerprint density at radius 3 is 3.08 bits per heavy atom. The number of hydrogen-bond donors (Lipinski definition) is 1. The average molecular weight is 194 g/mol. The second kappa shape index (κ2) is 3.32. The van der Waals surface area contributed by atoms with Crippen LogP contribution < -0.4 is 0 Å². The molecule has 1 N–H and O–H groups in total. The van der Waals surface area contributed by atoms with E-state index in [9.17, 15) is 0 Å². The van der Waals surface area contributed by atoms with E-state index < -0.39 is 0 Å². The van der Waals surface area contributed by atoms with E-state index in [1.54, 1.807) is 16.0 Å². The zero-order chi connectivity index (χ0) is 9.26. The highest BCUT2D eigenvalue weighted by Gasteiger charge is 2.09. The van der Waals surface area contributed by atoms with E-state index in [4.69, 9.17) is 5.11 Å². The van der Waals surface area contributed by atoms with E-state index >= 15 is 0 Å². The van der Waals surface area contributed by atoms with Gasteiger partial charge in [-0.2, -0.15) is 5.10 Å². The van der Waals surface area contributed by atoms with Crippen LogP contribution in [0.3, 0.4) is 0 Å². The molecule has 0 amide bonds. The average Bonchev–Trinajstić information content (AvgIpc) is 2.71. The van der Waals surface area contributed by atoms with Crippen molar-refractivity contribution in [3.63, 3.8) is 0 Å². The zero-order valence-corrected chi connectivity index (χ0v) is 8.08. The van der Waals surface area contributed by atoms with E-state index in [1.807, 2.05) is 30.8 Å². The van der Waals surface area contributed by atoms with Gasteiger partial charge in [-0.15, -0.1) is 11.3 Å². The lowest BCUT2D eigenvalue weighted by atomic mass is 10.2. The van der Waals surface area contributed by atoms with E-state index in [0.717, 1.165) is 16.1 Å². The van der Waals surface area contributed by atoms with Crippen LogP contribution in [0.15, 0.2) is 23.7 Å². The molecule has 2 heterocycles. The standard InChI is InChI=1S/C9H10N2OS/c1-11-5-7(6-12)9(10-11)8-3-2-4-13-8/h2-5,12H,6H2,1H3. The molecular weight excluding hydrogens is 184 g/mol. The van der Waals surface area contributed by atoms with Crippen molar-refractivity contribution in [2.75, 3.05) is 0 Å². The number of nitrogens with zero attached hydrogens (tertiary/aromatic N) is 2. The van der Waals surface area contributed by atoms with Gasteiger partial charge < -0.3 is 5.11 Å². The molecule has 2 rings (SSSR count). The fourth-order valence-electron chi connectivity index (χ4n) is 1.27. The summed E-state index contributed by atoms with van der Waals surface area (Å²) in [6.45, 7) is 0.0427. The Kier molecular flexibility index (Phi) is 2.16. The summed E-state index contributed by atoms with van der Waals surface area (Å²) in [5, 5.41) is 15.4. The summed E-state index contributed by atoms with van der Waals surface area (Å²) in [4.78, 5) is 1.10. The van der Waals surface area contributed by atoms with Crippen LogP contribution in [0.1, 0.15) is 5.56 Å². The van der Waals surface area contributed by atoms with Gasteiger partial charge >= 0.3 is 0 Å². The summed E-state index contributed by atoms with van der Waals surface area (Å²) < 4.78 is 1.72. The van der Waals surface area contributed by atoms with Crippen molar-refractivity contribution in [2.24, 2.45) is 7.05 Å². The van der Waals surface area contributed by atoms with Gasteiger partial charge in [-0.3, -0.25) is 4.68 Å². The second-order valence-corrected chi connectivity index (χ2v) is 3.76. The number of thiophene rings is 1. The number of aromatic nitrogens is 2. The number of aliphatic hydroxyl groups excluding tert-OH is 1. The third kappa shape index (κ3) is 1.50. The highest BCUT2D eigenvalue weighted by atomic mass is 32.1. The third-order valence-electron chi connectivity index (χ3n) is 1.83. The second-order valence-electron chi connectivity index (χ2n) is 2.81. The van der Waals surface area contributed by atoms with Crippen molar-refractivity contribution in [3.8, 4) is 10.6 Å². The Hall–Kier alpha value is -1.13. The maximum Gasteiger partial charge on any atom is 0.108 e. The lowest BCUT2D eigenvalue weighted by molar-refractivity contribution is 0.282. The minimum absolute atomic E-state index is 0.0427. The molecule has 0 saturated carbocycles. The summed E-state index contributed by atoms with van der Waals surface area (Å²) in [5.74, 6) is 0. The highest BCUT2D eigenvalue weighted by molar-refractivity contribution is 7.13. The van der Waals surface area contributed by atoms with Gasteiger partial charge in [0.25, 0.3) is 0 Å². The number of aliphatic hydroxyl groups is 1. The summed E-state index contributed by atoms with van der Waals surface area (Å²) >= 11 is 1.63. The normalized spacial score (nSPS) is 10.6. The van der Waals surface area contributed by atoms with Crippen LogP contribution in [0.2, 0.25) is 0 Å².